The topological polar surface area (TPSA) is 103 Å². The Kier molecular flexibility index (Phi) is 7.21. The van der Waals surface area contributed by atoms with Crippen LogP contribution >= 0.6 is 11.6 Å². The van der Waals surface area contributed by atoms with Crippen molar-refractivity contribution in [2.24, 2.45) is 0 Å². The number of hydrogen-bond acceptors (Lipinski definition) is 5. The van der Waals surface area contributed by atoms with Crippen LogP contribution in [0.3, 0.4) is 0 Å². The highest BCUT2D eigenvalue weighted by molar-refractivity contribution is 6.30. The number of non-ortho nitro benzene ring substituents is 1. The summed E-state index contributed by atoms with van der Waals surface area (Å²) in [4.78, 5) is 50.5. The second-order valence-electron chi connectivity index (χ2n) is 5.99. The molecule has 0 radical (unpaired) electrons. The van der Waals surface area contributed by atoms with Crippen molar-refractivity contribution in [3.8, 4) is 0 Å². The van der Waals surface area contributed by atoms with Crippen molar-refractivity contribution < 1.29 is 14.5 Å². The smallest absolute Gasteiger partial charge is 0.270 e. The Hall–Kier alpha value is -3.52. The molecule has 0 saturated carbocycles. The Morgan fingerprint density at radius 2 is 1.86 bits per heavy atom. The molecule has 1 heterocycles. The van der Waals surface area contributed by atoms with Crippen LogP contribution in [0.1, 0.15) is 16.4 Å². The number of aromatic nitrogens is 1. The SMILES string of the molecule is C=CCN(CC=C)C(=O)[C@H](C(=O)c1cccc([N+](=O)[O-])c1)n1cc(Cl)ccc1=O. The van der Waals surface area contributed by atoms with Gasteiger partial charge >= 0.3 is 0 Å². The molecule has 8 nitrogen and oxygen atoms in total. The molecule has 0 fully saturated rings. The third-order valence-electron chi connectivity index (χ3n) is 4.01. The predicted molar refractivity (Wildman–Crippen MR) is 109 cm³/mol. The molecule has 0 aliphatic rings. The Labute approximate surface area is 171 Å². The van der Waals surface area contributed by atoms with E-state index in [4.69, 9.17) is 11.6 Å². The molecule has 0 aliphatic carbocycles. The van der Waals surface area contributed by atoms with Crippen LogP contribution in [-0.4, -0.2) is 39.2 Å². The van der Waals surface area contributed by atoms with Crippen molar-refractivity contribution >= 4 is 29.0 Å². The number of nitro benzene ring substituents is 1. The number of ketones is 1. The first-order valence-electron chi connectivity index (χ1n) is 8.47. The summed E-state index contributed by atoms with van der Waals surface area (Å²) in [6, 6.07) is 5.84. The molecule has 150 valence electrons. The van der Waals surface area contributed by atoms with Crippen LogP contribution < -0.4 is 5.56 Å². The highest BCUT2D eigenvalue weighted by Gasteiger charge is 2.33. The number of rotatable bonds is 9. The lowest BCUT2D eigenvalue weighted by Crippen LogP contribution is -2.44. The molecular weight excluding hydrogens is 398 g/mol. The van der Waals surface area contributed by atoms with Crippen LogP contribution in [0, 0.1) is 10.1 Å². The largest absolute Gasteiger partial charge is 0.333 e. The number of Topliss-reactive ketones (excluding diaryl/α,β-unsaturated/α-hetero) is 1. The monoisotopic (exact) mass is 415 g/mol. The summed E-state index contributed by atoms with van der Waals surface area (Å²) >= 11 is 5.97. The van der Waals surface area contributed by atoms with Gasteiger partial charge in [-0.05, 0) is 6.07 Å². The van der Waals surface area contributed by atoms with E-state index >= 15 is 0 Å². The minimum absolute atomic E-state index is 0.0819. The number of pyridine rings is 1. The van der Waals surface area contributed by atoms with Crippen molar-refractivity contribution in [1.82, 2.24) is 9.47 Å². The fourth-order valence-corrected chi connectivity index (χ4v) is 2.87. The van der Waals surface area contributed by atoms with E-state index in [0.717, 1.165) is 16.7 Å². The van der Waals surface area contributed by atoms with Crippen LogP contribution in [0.15, 0.2) is 72.7 Å². The van der Waals surface area contributed by atoms with Crippen molar-refractivity contribution in [2.75, 3.05) is 13.1 Å². The van der Waals surface area contributed by atoms with Gasteiger partial charge in [-0.1, -0.05) is 35.9 Å². The molecule has 2 aromatic rings. The molecule has 9 heteroatoms. The number of carbonyl (C=O) groups excluding carboxylic acids is 2. The van der Waals surface area contributed by atoms with Crippen molar-refractivity contribution in [2.45, 2.75) is 6.04 Å². The average Bonchev–Trinajstić information content (AvgIpc) is 2.70. The summed E-state index contributed by atoms with van der Waals surface area (Å²) in [5, 5.41) is 11.2. The van der Waals surface area contributed by atoms with Gasteiger partial charge in [-0.25, -0.2) is 0 Å². The summed E-state index contributed by atoms with van der Waals surface area (Å²) < 4.78 is 0.922. The molecule has 1 aromatic heterocycles. The highest BCUT2D eigenvalue weighted by atomic mass is 35.5. The third-order valence-corrected chi connectivity index (χ3v) is 4.24. The van der Waals surface area contributed by atoms with E-state index in [0.29, 0.717) is 0 Å². The molecule has 1 aromatic carbocycles. The molecule has 0 bridgehead atoms. The quantitative estimate of drug-likeness (QED) is 0.206. The average molecular weight is 416 g/mol. The molecular formula is C20H18ClN3O5. The second kappa shape index (κ2) is 9.61. The van der Waals surface area contributed by atoms with Crippen molar-refractivity contribution in [1.29, 1.82) is 0 Å². The maximum atomic E-state index is 13.2. The van der Waals surface area contributed by atoms with Gasteiger partial charge in [0.25, 0.3) is 17.2 Å². The van der Waals surface area contributed by atoms with Gasteiger partial charge in [0.2, 0.25) is 0 Å². The molecule has 1 amide bonds. The van der Waals surface area contributed by atoms with Gasteiger partial charge in [0.15, 0.2) is 11.8 Å². The van der Waals surface area contributed by atoms with Gasteiger partial charge in [0, 0.05) is 43.0 Å². The lowest BCUT2D eigenvalue weighted by atomic mass is 10.0. The zero-order valence-electron chi connectivity index (χ0n) is 15.4. The summed E-state index contributed by atoms with van der Waals surface area (Å²) in [5.74, 6) is -1.47. The van der Waals surface area contributed by atoms with Gasteiger partial charge in [0.05, 0.1) is 9.95 Å². The molecule has 0 aliphatic heterocycles. The lowest BCUT2D eigenvalue weighted by Gasteiger charge is -2.26. The van der Waals surface area contributed by atoms with Crippen molar-refractivity contribution in [3.05, 3.63) is 99.0 Å². The third kappa shape index (κ3) is 5.05. The fourth-order valence-electron chi connectivity index (χ4n) is 2.71. The first kappa shape index (κ1) is 21.8. The second-order valence-corrected chi connectivity index (χ2v) is 6.42. The van der Waals surface area contributed by atoms with E-state index < -0.39 is 28.2 Å². The molecule has 0 spiro atoms. The maximum absolute atomic E-state index is 13.2. The minimum atomic E-state index is -1.59. The highest BCUT2D eigenvalue weighted by Crippen LogP contribution is 2.21. The zero-order chi connectivity index (χ0) is 21.6. The molecule has 0 N–H and O–H groups in total. The molecule has 0 saturated heterocycles. The van der Waals surface area contributed by atoms with E-state index in [1.165, 1.54) is 47.5 Å². The summed E-state index contributed by atoms with van der Waals surface area (Å²) in [6.45, 7) is 7.39. The van der Waals surface area contributed by atoms with E-state index in [1.54, 1.807) is 0 Å². The Morgan fingerprint density at radius 3 is 2.45 bits per heavy atom. The Morgan fingerprint density at radius 1 is 1.21 bits per heavy atom. The molecule has 29 heavy (non-hydrogen) atoms. The predicted octanol–water partition coefficient (Wildman–Crippen LogP) is 3.03. The van der Waals surface area contributed by atoms with E-state index in [9.17, 15) is 24.5 Å². The normalized spacial score (nSPS) is 11.3. The van der Waals surface area contributed by atoms with E-state index in [2.05, 4.69) is 13.2 Å². The number of hydrogen-bond donors (Lipinski definition) is 0. The number of nitro groups is 1. The summed E-state index contributed by atoms with van der Waals surface area (Å²) in [6.07, 6.45) is 4.12. The summed E-state index contributed by atoms with van der Waals surface area (Å²) in [7, 11) is 0. The molecule has 1 atom stereocenters. The van der Waals surface area contributed by atoms with Gasteiger partial charge in [-0.3, -0.25) is 29.1 Å². The van der Waals surface area contributed by atoms with Crippen LogP contribution in [0.4, 0.5) is 5.69 Å². The van der Waals surface area contributed by atoms with E-state index in [-0.39, 0.29) is 29.4 Å². The first-order valence-corrected chi connectivity index (χ1v) is 8.85. The van der Waals surface area contributed by atoms with Crippen LogP contribution in [0.2, 0.25) is 5.02 Å². The van der Waals surface area contributed by atoms with Crippen LogP contribution in [0.5, 0.6) is 0 Å². The first-order chi connectivity index (χ1) is 13.8. The number of carbonyl (C=O) groups is 2. The zero-order valence-corrected chi connectivity index (χ0v) is 16.1. The lowest BCUT2D eigenvalue weighted by molar-refractivity contribution is -0.384. The van der Waals surface area contributed by atoms with Crippen LogP contribution in [0.25, 0.3) is 0 Å². The van der Waals surface area contributed by atoms with Crippen molar-refractivity contribution in [3.63, 3.8) is 0 Å². The number of halogens is 1. The number of amides is 1. The van der Waals surface area contributed by atoms with Gasteiger partial charge < -0.3 is 4.90 Å². The standard InChI is InChI=1S/C20H18ClN3O5/c1-3-10-22(11-4-2)20(27)18(23-13-15(21)8-9-17(23)25)19(26)14-6-5-7-16(12-14)24(28)29/h3-9,12-13,18H,1-2,10-11H2/t18-/m0/s1. The van der Waals surface area contributed by atoms with Gasteiger partial charge in [-0.15, -0.1) is 13.2 Å². The Balaban J connectivity index is 2.63. The maximum Gasteiger partial charge on any atom is 0.270 e. The van der Waals surface area contributed by atoms with Crippen LogP contribution in [-0.2, 0) is 4.79 Å². The molecule has 2 rings (SSSR count). The minimum Gasteiger partial charge on any atom is -0.333 e. The number of benzene rings is 1. The number of nitrogens with zero attached hydrogens (tertiary/aromatic N) is 3. The van der Waals surface area contributed by atoms with Gasteiger partial charge in [0.1, 0.15) is 0 Å². The Bertz CT molecular complexity index is 1020. The van der Waals surface area contributed by atoms with Gasteiger partial charge in [-0.2, -0.15) is 0 Å². The fraction of sp³-hybridized carbons (Fsp3) is 0.150. The molecule has 0 unspecified atom stereocenters. The summed E-state index contributed by atoms with van der Waals surface area (Å²) in [5.41, 5.74) is -1.01. The van der Waals surface area contributed by atoms with E-state index in [1.807, 2.05) is 0 Å².